The van der Waals surface area contributed by atoms with Gasteiger partial charge in [-0.2, -0.15) is 0 Å². The van der Waals surface area contributed by atoms with Crippen molar-refractivity contribution in [1.29, 1.82) is 0 Å². The molecule has 0 fully saturated rings. The Hall–Kier alpha value is -2.32. The Morgan fingerprint density at radius 2 is 1.45 bits per heavy atom. The van der Waals surface area contributed by atoms with Gasteiger partial charge in [0, 0.05) is 6.54 Å². The molecule has 2 atom stereocenters. The molecule has 1 unspecified atom stereocenters. The molecule has 0 aromatic heterocycles. The van der Waals surface area contributed by atoms with Crippen molar-refractivity contribution >= 4 is 24.1 Å². The predicted octanol–water partition coefficient (Wildman–Crippen LogP) is 4.03. The van der Waals surface area contributed by atoms with E-state index in [4.69, 9.17) is 14.2 Å². The van der Waals surface area contributed by atoms with Crippen LogP contribution >= 0.6 is 0 Å². The van der Waals surface area contributed by atoms with Crippen LogP contribution in [0.3, 0.4) is 0 Å². The molecular formula is C22H40N2O7. The minimum absolute atomic E-state index is 0.0855. The van der Waals surface area contributed by atoms with E-state index in [1.54, 1.807) is 48.5 Å². The van der Waals surface area contributed by atoms with Gasteiger partial charge in [0.05, 0.1) is 12.5 Å². The van der Waals surface area contributed by atoms with Crippen LogP contribution in [0.5, 0.6) is 0 Å². The first-order valence-electron chi connectivity index (χ1n) is 10.8. The van der Waals surface area contributed by atoms with Gasteiger partial charge in [0.15, 0.2) is 0 Å². The number of hydrogen-bond donors (Lipinski definition) is 1. The Bertz CT molecular complexity index is 620. The number of rotatable bonds is 9. The second-order valence-electron chi connectivity index (χ2n) is 9.34. The summed E-state index contributed by atoms with van der Waals surface area (Å²) in [7, 11) is 0. The van der Waals surface area contributed by atoms with Gasteiger partial charge in [-0.1, -0.05) is 19.8 Å². The van der Waals surface area contributed by atoms with Gasteiger partial charge in [0.2, 0.25) is 0 Å². The summed E-state index contributed by atoms with van der Waals surface area (Å²) in [6.07, 6.45) is 0.559. The zero-order chi connectivity index (χ0) is 24.4. The van der Waals surface area contributed by atoms with E-state index >= 15 is 0 Å². The zero-order valence-corrected chi connectivity index (χ0v) is 20.5. The fourth-order valence-corrected chi connectivity index (χ4v) is 2.55. The summed E-state index contributed by atoms with van der Waals surface area (Å²) in [5.74, 6) is -2.50. The standard InChI is InChI=1S/C22H40N2O7/c1-10-12-13-14-24(20(28)29-11-2)17(25)16(23-19(27)31-22(7,8)9)15(3)18(26)30-21(4,5)6/h15-16H,10-14H2,1-9H3,(H,23,27)/t15-,16?/m0/s1. The number of imide groups is 1. The van der Waals surface area contributed by atoms with E-state index in [2.05, 4.69) is 5.32 Å². The lowest BCUT2D eigenvalue weighted by Crippen LogP contribution is -2.56. The molecule has 9 nitrogen and oxygen atoms in total. The van der Waals surface area contributed by atoms with E-state index in [9.17, 15) is 19.2 Å². The van der Waals surface area contributed by atoms with Crippen molar-refractivity contribution in [1.82, 2.24) is 10.2 Å². The minimum Gasteiger partial charge on any atom is -0.460 e. The molecule has 0 saturated heterocycles. The number of alkyl carbamates (subject to hydrolysis) is 1. The number of hydrogen-bond acceptors (Lipinski definition) is 7. The highest BCUT2D eigenvalue weighted by Crippen LogP contribution is 2.17. The fraction of sp³-hybridized carbons (Fsp3) is 0.818. The number of unbranched alkanes of at least 4 members (excludes halogenated alkanes) is 2. The zero-order valence-electron chi connectivity index (χ0n) is 20.5. The minimum atomic E-state index is -1.37. The van der Waals surface area contributed by atoms with Crippen molar-refractivity contribution in [3.63, 3.8) is 0 Å². The van der Waals surface area contributed by atoms with Crippen LogP contribution in [0, 0.1) is 5.92 Å². The Balaban J connectivity index is 5.86. The number of esters is 1. The van der Waals surface area contributed by atoms with Gasteiger partial charge >= 0.3 is 18.2 Å². The van der Waals surface area contributed by atoms with Crippen molar-refractivity contribution in [3.8, 4) is 0 Å². The fourth-order valence-electron chi connectivity index (χ4n) is 2.55. The van der Waals surface area contributed by atoms with Crippen molar-refractivity contribution in [3.05, 3.63) is 0 Å². The summed E-state index contributed by atoms with van der Waals surface area (Å²) in [6, 6.07) is -1.37. The lowest BCUT2D eigenvalue weighted by atomic mass is 10.00. The Labute approximate surface area is 186 Å². The van der Waals surface area contributed by atoms with Crippen LogP contribution in [0.25, 0.3) is 0 Å². The normalized spacial score (nSPS) is 13.6. The van der Waals surface area contributed by atoms with E-state index in [-0.39, 0.29) is 13.2 Å². The molecule has 0 aliphatic rings. The number of nitrogens with one attached hydrogen (secondary N) is 1. The van der Waals surface area contributed by atoms with Gasteiger partial charge < -0.3 is 19.5 Å². The molecule has 0 spiro atoms. The largest absolute Gasteiger partial charge is 0.460 e. The molecule has 0 aliphatic heterocycles. The quantitative estimate of drug-likeness (QED) is 0.325. The third-order valence-corrected chi connectivity index (χ3v) is 3.96. The lowest BCUT2D eigenvalue weighted by Gasteiger charge is -2.31. The summed E-state index contributed by atoms with van der Waals surface area (Å²) in [5, 5.41) is 2.45. The van der Waals surface area contributed by atoms with E-state index < -0.39 is 47.2 Å². The molecule has 0 aromatic rings. The van der Waals surface area contributed by atoms with Gasteiger partial charge in [0.1, 0.15) is 17.2 Å². The van der Waals surface area contributed by atoms with Crippen LogP contribution in [0.2, 0.25) is 0 Å². The maximum absolute atomic E-state index is 13.3. The smallest absolute Gasteiger partial charge is 0.416 e. The molecule has 9 heteroatoms. The molecule has 1 N–H and O–H groups in total. The van der Waals surface area contributed by atoms with Crippen molar-refractivity contribution < 1.29 is 33.4 Å². The van der Waals surface area contributed by atoms with Crippen LogP contribution in [0.1, 0.15) is 81.6 Å². The molecule has 0 radical (unpaired) electrons. The van der Waals surface area contributed by atoms with E-state index in [1.165, 1.54) is 6.92 Å². The summed E-state index contributed by atoms with van der Waals surface area (Å²) in [5.41, 5.74) is -1.60. The first-order valence-corrected chi connectivity index (χ1v) is 10.8. The number of carbonyl (C=O) groups excluding carboxylic acids is 4. The van der Waals surface area contributed by atoms with Crippen LogP contribution < -0.4 is 5.32 Å². The highest BCUT2D eigenvalue weighted by Gasteiger charge is 2.39. The van der Waals surface area contributed by atoms with Gasteiger partial charge in [0.25, 0.3) is 5.91 Å². The average molecular weight is 445 g/mol. The molecule has 31 heavy (non-hydrogen) atoms. The summed E-state index contributed by atoms with van der Waals surface area (Å²) < 4.78 is 15.6. The van der Waals surface area contributed by atoms with Crippen LogP contribution in [-0.2, 0) is 23.8 Å². The van der Waals surface area contributed by atoms with Crippen molar-refractivity contribution in [2.45, 2.75) is 98.8 Å². The van der Waals surface area contributed by atoms with E-state index in [0.717, 1.165) is 17.7 Å². The molecule has 0 rings (SSSR count). The van der Waals surface area contributed by atoms with E-state index in [1.807, 2.05) is 6.92 Å². The molecule has 3 amide bonds. The second kappa shape index (κ2) is 12.5. The summed E-state index contributed by atoms with van der Waals surface area (Å²) >= 11 is 0. The monoisotopic (exact) mass is 444 g/mol. The van der Waals surface area contributed by atoms with E-state index in [0.29, 0.717) is 6.42 Å². The molecule has 0 saturated carbocycles. The first kappa shape index (κ1) is 28.7. The van der Waals surface area contributed by atoms with Gasteiger partial charge in [-0.3, -0.25) is 9.59 Å². The SMILES string of the molecule is CCCCCN(C(=O)OCC)C(=O)C(NC(=O)OC(C)(C)C)[C@H](C)C(=O)OC(C)(C)C. The summed E-state index contributed by atoms with van der Waals surface area (Å²) in [6.45, 7) is 15.4. The molecular weight excluding hydrogens is 404 g/mol. The maximum atomic E-state index is 13.3. The van der Waals surface area contributed by atoms with Crippen molar-refractivity contribution in [2.75, 3.05) is 13.2 Å². The number of carbonyl (C=O) groups is 4. The summed E-state index contributed by atoms with van der Waals surface area (Å²) in [4.78, 5) is 51.7. The van der Waals surface area contributed by atoms with Crippen LogP contribution in [0.4, 0.5) is 9.59 Å². The third-order valence-electron chi connectivity index (χ3n) is 3.96. The second-order valence-corrected chi connectivity index (χ2v) is 9.34. The molecule has 0 bridgehead atoms. The van der Waals surface area contributed by atoms with Gasteiger partial charge in [-0.25, -0.2) is 14.5 Å². The predicted molar refractivity (Wildman–Crippen MR) is 116 cm³/mol. The number of ether oxygens (including phenoxy) is 3. The molecule has 180 valence electrons. The third kappa shape index (κ3) is 11.6. The first-order chi connectivity index (χ1) is 14.1. The lowest BCUT2D eigenvalue weighted by molar-refractivity contribution is -0.162. The number of amides is 3. The topological polar surface area (TPSA) is 111 Å². The molecule has 0 heterocycles. The van der Waals surface area contributed by atoms with Gasteiger partial charge in [-0.15, -0.1) is 0 Å². The Morgan fingerprint density at radius 1 is 0.903 bits per heavy atom. The Morgan fingerprint density at radius 3 is 1.90 bits per heavy atom. The van der Waals surface area contributed by atoms with Crippen LogP contribution in [-0.4, -0.2) is 59.4 Å². The highest BCUT2D eigenvalue weighted by molar-refractivity contribution is 5.98. The number of nitrogens with zero attached hydrogens (tertiary/aromatic N) is 1. The molecule has 0 aliphatic carbocycles. The maximum Gasteiger partial charge on any atom is 0.416 e. The van der Waals surface area contributed by atoms with Gasteiger partial charge in [-0.05, 0) is 61.8 Å². The van der Waals surface area contributed by atoms with Crippen LogP contribution in [0.15, 0.2) is 0 Å². The Kier molecular flexibility index (Phi) is 11.6. The van der Waals surface area contributed by atoms with Crippen molar-refractivity contribution in [2.24, 2.45) is 5.92 Å². The molecule has 0 aromatic carbocycles. The average Bonchev–Trinajstić information content (AvgIpc) is 2.59. The highest BCUT2D eigenvalue weighted by atomic mass is 16.6.